The fraction of sp³-hybridized carbons (Fsp3) is 0.0500. The van der Waals surface area contributed by atoms with Gasteiger partial charge in [0, 0.05) is 30.5 Å². The van der Waals surface area contributed by atoms with Crippen LogP contribution in [0.25, 0.3) is 32.4 Å². The highest BCUT2D eigenvalue weighted by Crippen LogP contribution is 2.34. The summed E-state index contributed by atoms with van der Waals surface area (Å²) >= 11 is 1.50. The van der Waals surface area contributed by atoms with Crippen LogP contribution in [0.1, 0.15) is 5.56 Å². The molecule has 0 atom stereocenters. The van der Waals surface area contributed by atoms with Gasteiger partial charge in [0.05, 0.1) is 10.2 Å². The number of pyridine rings is 2. The summed E-state index contributed by atoms with van der Waals surface area (Å²) in [5.74, 6) is 0.813. The van der Waals surface area contributed by atoms with Crippen LogP contribution in [-0.2, 0) is 6.54 Å². The molecule has 5 aromatic rings. The summed E-state index contributed by atoms with van der Waals surface area (Å²) in [7, 11) is 0. The highest BCUT2D eigenvalue weighted by atomic mass is 32.1. The monoisotopic (exact) mass is 372 g/mol. The Morgan fingerprint density at radius 2 is 2.07 bits per heavy atom. The molecule has 4 heterocycles. The normalized spacial score (nSPS) is 11.3. The van der Waals surface area contributed by atoms with Crippen LogP contribution in [0.5, 0.6) is 0 Å². The number of fused-ring (bicyclic) bond motifs is 2. The second-order valence-electron chi connectivity index (χ2n) is 6.24. The Kier molecular flexibility index (Phi) is 3.72. The Balaban J connectivity index is 1.56. The number of thiazole rings is 1. The van der Waals surface area contributed by atoms with E-state index in [1.165, 1.54) is 11.3 Å². The van der Waals surface area contributed by atoms with Gasteiger partial charge in [-0.3, -0.25) is 4.98 Å². The molecule has 1 aromatic carbocycles. The van der Waals surface area contributed by atoms with Crippen molar-refractivity contribution in [3.8, 4) is 11.1 Å². The van der Waals surface area contributed by atoms with Crippen molar-refractivity contribution in [1.82, 2.24) is 19.9 Å². The lowest BCUT2D eigenvalue weighted by Gasteiger charge is -2.10. The molecule has 5 rings (SSSR count). The topological polar surface area (TPSA) is 92.5 Å². The fourth-order valence-electron chi connectivity index (χ4n) is 3.17. The van der Waals surface area contributed by atoms with Gasteiger partial charge in [0.15, 0.2) is 5.13 Å². The van der Waals surface area contributed by atoms with E-state index in [1.54, 1.807) is 6.20 Å². The number of hydrogen-bond donors (Lipinski definition) is 3. The van der Waals surface area contributed by atoms with E-state index in [4.69, 9.17) is 5.73 Å². The smallest absolute Gasteiger partial charge is 0.181 e. The highest BCUT2D eigenvalue weighted by Gasteiger charge is 2.11. The molecule has 0 aliphatic carbocycles. The molecule has 0 aliphatic heterocycles. The van der Waals surface area contributed by atoms with E-state index in [9.17, 15) is 0 Å². The number of aromatic nitrogens is 4. The summed E-state index contributed by atoms with van der Waals surface area (Å²) in [5, 5.41) is 5.06. The molecule has 0 amide bonds. The maximum atomic E-state index is 5.85. The lowest BCUT2D eigenvalue weighted by Crippen LogP contribution is -2.02. The van der Waals surface area contributed by atoms with Crippen molar-refractivity contribution in [2.24, 2.45) is 0 Å². The predicted molar refractivity (Wildman–Crippen MR) is 111 cm³/mol. The van der Waals surface area contributed by atoms with Crippen LogP contribution < -0.4 is 11.1 Å². The zero-order chi connectivity index (χ0) is 18.2. The zero-order valence-corrected chi connectivity index (χ0v) is 15.1. The first-order chi connectivity index (χ1) is 13.3. The Hall–Kier alpha value is -3.45. The Labute approximate surface area is 159 Å². The molecule has 0 saturated heterocycles. The van der Waals surface area contributed by atoms with Crippen molar-refractivity contribution in [2.75, 3.05) is 11.1 Å². The van der Waals surface area contributed by atoms with Crippen molar-refractivity contribution in [1.29, 1.82) is 0 Å². The number of nitrogens with two attached hydrogens (primary N) is 1. The largest absolute Gasteiger partial charge is 0.375 e. The maximum Gasteiger partial charge on any atom is 0.181 e. The Bertz CT molecular complexity index is 1240. The van der Waals surface area contributed by atoms with E-state index in [2.05, 4.69) is 43.5 Å². The number of anilines is 2. The Morgan fingerprint density at radius 1 is 1.11 bits per heavy atom. The fourth-order valence-corrected chi connectivity index (χ4v) is 3.95. The van der Waals surface area contributed by atoms with Gasteiger partial charge in [-0.1, -0.05) is 23.5 Å². The number of nitrogen functional groups attached to an aromatic ring is 1. The molecular formula is C20H16N6S. The van der Waals surface area contributed by atoms with Gasteiger partial charge in [-0.05, 0) is 47.0 Å². The number of H-pyrrole nitrogens is 1. The first kappa shape index (κ1) is 15.8. The molecule has 132 valence electrons. The van der Waals surface area contributed by atoms with Crippen LogP contribution in [0.2, 0.25) is 0 Å². The summed E-state index contributed by atoms with van der Waals surface area (Å²) in [6.45, 7) is 0.664. The van der Waals surface area contributed by atoms with Gasteiger partial charge in [-0.2, -0.15) is 0 Å². The average Bonchev–Trinajstić information content (AvgIpc) is 3.31. The van der Waals surface area contributed by atoms with Gasteiger partial charge in [-0.15, -0.1) is 0 Å². The van der Waals surface area contributed by atoms with Crippen LogP contribution in [0.4, 0.5) is 10.9 Å². The number of nitrogens with one attached hydrogen (secondary N) is 2. The quantitative estimate of drug-likeness (QED) is 0.434. The van der Waals surface area contributed by atoms with Crippen molar-refractivity contribution in [2.45, 2.75) is 6.54 Å². The third kappa shape index (κ3) is 2.98. The van der Waals surface area contributed by atoms with Gasteiger partial charge in [-0.25, -0.2) is 9.97 Å². The molecule has 6 nitrogen and oxygen atoms in total. The lowest BCUT2D eigenvalue weighted by atomic mass is 10.0. The minimum Gasteiger partial charge on any atom is -0.375 e. The predicted octanol–water partition coefficient (Wildman–Crippen LogP) is 4.43. The minimum absolute atomic E-state index is 0.586. The molecule has 0 saturated carbocycles. The molecule has 0 aliphatic rings. The first-order valence-corrected chi connectivity index (χ1v) is 9.35. The second-order valence-corrected chi connectivity index (χ2v) is 7.31. The Morgan fingerprint density at radius 3 is 2.96 bits per heavy atom. The van der Waals surface area contributed by atoms with Gasteiger partial charge < -0.3 is 16.0 Å². The molecule has 4 N–H and O–H groups in total. The van der Waals surface area contributed by atoms with Crippen molar-refractivity contribution >= 4 is 43.5 Å². The summed E-state index contributed by atoms with van der Waals surface area (Å²) in [6, 6.07) is 14.3. The van der Waals surface area contributed by atoms with E-state index < -0.39 is 0 Å². The van der Waals surface area contributed by atoms with E-state index in [0.717, 1.165) is 43.8 Å². The van der Waals surface area contributed by atoms with Gasteiger partial charge in [0.1, 0.15) is 11.5 Å². The highest BCUT2D eigenvalue weighted by molar-refractivity contribution is 7.22. The van der Waals surface area contributed by atoms with Gasteiger partial charge in [0.2, 0.25) is 0 Å². The standard InChI is InChI=1S/C20H16N6S/c21-20-25-16-4-3-13(8-17(16)27-20)15-9-18(26-19-14(15)5-7-23-19)24-11-12-2-1-6-22-10-12/h1-10H,11H2,(H2,21,25)(H2,23,24,26). The van der Waals surface area contributed by atoms with Crippen molar-refractivity contribution in [3.05, 3.63) is 66.6 Å². The zero-order valence-electron chi connectivity index (χ0n) is 14.3. The number of aromatic amines is 1. The summed E-state index contributed by atoms with van der Waals surface area (Å²) in [6.07, 6.45) is 5.53. The number of hydrogen-bond acceptors (Lipinski definition) is 6. The lowest BCUT2D eigenvalue weighted by molar-refractivity contribution is 1.09. The SMILES string of the molecule is Nc1nc2ccc(-c3cc(NCc4cccnc4)nc4[nH]ccc34)cc2s1. The van der Waals surface area contributed by atoms with E-state index in [-0.39, 0.29) is 0 Å². The molecule has 7 heteroatoms. The second kappa shape index (κ2) is 6.37. The maximum absolute atomic E-state index is 5.85. The summed E-state index contributed by atoms with van der Waals surface area (Å²) in [5.41, 5.74) is 11.0. The molecule has 27 heavy (non-hydrogen) atoms. The first-order valence-electron chi connectivity index (χ1n) is 8.53. The molecule has 0 bridgehead atoms. The third-order valence-corrected chi connectivity index (χ3v) is 5.29. The van der Waals surface area contributed by atoms with Crippen LogP contribution >= 0.6 is 11.3 Å². The number of rotatable bonds is 4. The van der Waals surface area contributed by atoms with E-state index >= 15 is 0 Å². The molecule has 4 aromatic heterocycles. The van der Waals surface area contributed by atoms with E-state index in [1.807, 2.05) is 36.7 Å². The molecule has 0 fully saturated rings. The van der Waals surface area contributed by atoms with Gasteiger partial charge >= 0.3 is 0 Å². The van der Waals surface area contributed by atoms with E-state index in [0.29, 0.717) is 11.7 Å². The summed E-state index contributed by atoms with van der Waals surface area (Å²) < 4.78 is 1.08. The van der Waals surface area contributed by atoms with Crippen LogP contribution in [0.3, 0.4) is 0 Å². The van der Waals surface area contributed by atoms with Crippen LogP contribution in [0, 0.1) is 0 Å². The molecule has 0 unspecified atom stereocenters. The number of benzene rings is 1. The molecule has 0 radical (unpaired) electrons. The molecule has 0 spiro atoms. The number of nitrogens with zero attached hydrogens (tertiary/aromatic N) is 3. The summed E-state index contributed by atoms with van der Waals surface area (Å²) in [4.78, 5) is 16.4. The third-order valence-electron chi connectivity index (χ3n) is 4.44. The average molecular weight is 372 g/mol. The minimum atomic E-state index is 0.586. The van der Waals surface area contributed by atoms with Gasteiger partial charge in [0.25, 0.3) is 0 Å². The molecular weight excluding hydrogens is 356 g/mol. The van der Waals surface area contributed by atoms with Crippen LogP contribution in [-0.4, -0.2) is 19.9 Å². The van der Waals surface area contributed by atoms with Crippen molar-refractivity contribution < 1.29 is 0 Å². The van der Waals surface area contributed by atoms with Crippen molar-refractivity contribution in [3.63, 3.8) is 0 Å². The van der Waals surface area contributed by atoms with Crippen LogP contribution in [0.15, 0.2) is 61.1 Å².